The molecule has 20 N–H and O–H groups in total. The highest BCUT2D eigenvalue weighted by atomic mass is 32.2. The molecule has 0 aromatic heterocycles. The highest BCUT2D eigenvalue weighted by molar-refractivity contribution is 8.00. The van der Waals surface area contributed by atoms with E-state index in [9.17, 15) is 121 Å². The van der Waals surface area contributed by atoms with Crippen LogP contribution in [0.25, 0.3) is 0 Å². The smallest absolute Gasteiger partial charge is 0.304 e. The highest BCUT2D eigenvalue weighted by Gasteiger charge is 2.61. The number of hydrogen-bond donors (Lipinski definition) is 20. The number of aliphatic hydroxyl groups is 16. The predicted molar refractivity (Wildman–Crippen MR) is 415 cm³/mol. The van der Waals surface area contributed by atoms with Crippen molar-refractivity contribution in [3.63, 3.8) is 0 Å². The average molecular weight is 1830 g/mol. The summed E-state index contributed by atoms with van der Waals surface area (Å²) in [6, 6.07) is 0. The molecule has 0 spiro atoms. The monoisotopic (exact) mass is 1820 g/mol. The van der Waals surface area contributed by atoms with E-state index >= 15 is 0 Å². The highest BCUT2D eigenvalue weighted by Crippen LogP contribution is 2.43. The molecule has 40 nitrogen and oxygen atoms in total. The molecule has 0 aromatic carbocycles. The molecule has 0 aromatic rings. The zero-order chi connectivity index (χ0) is 84.5. The minimum absolute atomic E-state index is 0.0129. The summed E-state index contributed by atoms with van der Waals surface area (Å²) in [5.41, 5.74) is 0. The Hall–Kier alpha value is -0.600. The molecule has 0 aliphatic carbocycles. The third-order valence-electron chi connectivity index (χ3n) is 20.4. The van der Waals surface area contributed by atoms with Crippen molar-refractivity contribution >= 4 is 118 Å². The zero-order valence-electron chi connectivity index (χ0n) is 63.6. The second-order valence-corrected chi connectivity index (χ2v) is 38.4. The minimum Gasteiger partial charge on any atom is -0.481 e. The summed E-state index contributed by atoms with van der Waals surface area (Å²) in [5, 5.41) is 232. The van der Waals surface area contributed by atoms with Gasteiger partial charge < -0.3 is 178 Å². The third-order valence-corrected chi connectivity index (χ3v) is 28.5. The molecule has 30 rings (SSSR count). The first kappa shape index (κ1) is 99.2. The standard InChI is InChI=1S/C68H112O40S8/c1-5-109-17-25-53-38(78)46(86)62(94-25)103-55-27(19-111-7-3)96-64(48(88)40(55)80)105-57-29(21-113-13-9-33(69)70)98-66(50(90)42(57)82)107-59-31(23-115-15-11-35(73)74)100-68(52(92)44(59)84)108-60-32(24-116-16-12-36(75)76)99-67(51(91)43(60)83)106-58-30(22-114-14-10-34(71)72)97-65(49(89)41(58)81)104-56-28(20-112-8-4)95-63(47(87)39(56)79)102-54-26(18-110-6-2)93-61(101-53)45(85)37(54)77/h25-32,37-68,77-92H,5-24H2,1-4H3,(H,69,70)(H,71,72)(H,73,74)(H,75,76)/t25-,26-,27-,28-,29-,30-,31-,32-,37-,38-,39-,40-,41-,42-,43-,44-,45-,46-,47-,48-,49-,50-,51-,52-,53?,54?,55-,56?,57?,58?,59?,60?,61-,62-,63-,64-,65-,66-,67-,68-/m1/s1. The van der Waals surface area contributed by atoms with Gasteiger partial charge >= 0.3 is 23.9 Å². The summed E-state index contributed by atoms with van der Waals surface area (Å²) in [6.45, 7) is 7.23. The van der Waals surface area contributed by atoms with Crippen LogP contribution < -0.4 is 0 Å². The van der Waals surface area contributed by atoms with Crippen LogP contribution in [0, 0.1) is 0 Å². The van der Waals surface area contributed by atoms with E-state index in [0.29, 0.717) is 23.0 Å². The molecule has 30 saturated heterocycles. The van der Waals surface area contributed by atoms with E-state index in [1.807, 2.05) is 13.8 Å². The SMILES string of the molecule is CCSC[C@H]1O[C@@H]2OC3[C@@H](CSCC)O[C@H](OC4[C@@H](CSCC)O[C@H](O[C@H]5[C@H](O)[C@@H](O)[C@@H](OC6[C@@H](CSCCC(=O)O)O[C@H](OC7[C@@H](CSCCC(=O)O)O[C@H](OC8[C@@H](CSCCC(=O)O)O[C@H](OC9[C@@H](CSCCC(=O)O)O[C@H](OC1[C@H](O)[C@H]2O)[C@H](O)[C@H]9O)[C@H](O)[C@H]8O)[C@H](O)[C@H]7O)[C@H](O)[C@H]6O)O[C@@H]5CSCC)[C@H](O)[C@H]4O)[C@H](O)[C@H]3O. The van der Waals surface area contributed by atoms with E-state index in [4.69, 9.17) is 75.8 Å². The second kappa shape index (κ2) is 47.8. The van der Waals surface area contributed by atoms with Gasteiger partial charge in [-0.25, -0.2) is 0 Å². The minimum atomic E-state index is -2.24. The number of rotatable bonds is 32. The number of hydrogen-bond acceptors (Lipinski definition) is 44. The zero-order valence-corrected chi connectivity index (χ0v) is 70.1. The lowest BCUT2D eigenvalue weighted by Crippen LogP contribution is -2.69. The molecule has 48 heteroatoms. The number of ether oxygens (including phenoxy) is 16. The molecule has 30 fully saturated rings. The van der Waals surface area contributed by atoms with Gasteiger partial charge in [0.2, 0.25) is 0 Å². The van der Waals surface area contributed by atoms with Gasteiger partial charge in [0.1, 0.15) is 146 Å². The first-order chi connectivity index (χ1) is 55.3. The third kappa shape index (κ3) is 25.9. The van der Waals surface area contributed by atoms with Crippen molar-refractivity contribution in [2.75, 3.05) is 92.0 Å². The van der Waals surface area contributed by atoms with Gasteiger partial charge in [-0.05, 0) is 23.0 Å². The van der Waals surface area contributed by atoms with Crippen molar-refractivity contribution in [2.24, 2.45) is 0 Å². The Morgan fingerprint density at radius 3 is 0.431 bits per heavy atom. The van der Waals surface area contributed by atoms with Gasteiger partial charge in [0.25, 0.3) is 0 Å². The molecular formula is C68H112O40S8. The molecule has 30 heterocycles. The van der Waals surface area contributed by atoms with E-state index in [-0.39, 0.29) is 81.9 Å². The van der Waals surface area contributed by atoms with Crippen molar-refractivity contribution in [1.82, 2.24) is 0 Å². The molecule has 0 amide bonds. The van der Waals surface area contributed by atoms with Crippen LogP contribution in [0.5, 0.6) is 0 Å². The summed E-state index contributed by atoms with van der Waals surface area (Å²) in [5.74, 6) is -4.45. The Kier molecular flexibility index (Phi) is 40.9. The van der Waals surface area contributed by atoms with Gasteiger partial charge in [0, 0.05) is 69.0 Å². The lowest BCUT2D eigenvalue weighted by Gasteiger charge is -2.51. The van der Waals surface area contributed by atoms with E-state index in [2.05, 4.69) is 0 Å². The van der Waals surface area contributed by atoms with Gasteiger partial charge in [0.05, 0.1) is 74.5 Å². The summed E-state index contributed by atoms with van der Waals surface area (Å²) in [6.07, 6.45) is -75.6. The molecule has 40 atom stereocenters. The Bertz CT molecular complexity index is 2920. The first-order valence-electron chi connectivity index (χ1n) is 38.2. The predicted octanol–water partition coefficient (Wildman–Crippen LogP) is -5.50. The van der Waals surface area contributed by atoms with Gasteiger partial charge in [-0.15, -0.1) is 0 Å². The van der Waals surface area contributed by atoms with Crippen LogP contribution in [0.2, 0.25) is 0 Å². The van der Waals surface area contributed by atoms with Crippen molar-refractivity contribution in [2.45, 2.75) is 299 Å². The topological polar surface area (TPSA) is 621 Å². The van der Waals surface area contributed by atoms with Crippen LogP contribution in [-0.2, 0) is 95.0 Å². The van der Waals surface area contributed by atoms with Crippen molar-refractivity contribution in [3.8, 4) is 0 Å². The number of carboxylic acids is 4. The lowest BCUT2D eigenvalue weighted by atomic mass is 9.95. The number of carboxylic acid groups (broad SMARTS) is 4. The fourth-order valence-corrected chi connectivity index (χ4v) is 21.1. The van der Waals surface area contributed by atoms with Crippen molar-refractivity contribution < 1.29 is 197 Å². The largest absolute Gasteiger partial charge is 0.481 e. The van der Waals surface area contributed by atoms with E-state index in [0.717, 1.165) is 47.0 Å². The van der Waals surface area contributed by atoms with Crippen LogP contribution in [0.15, 0.2) is 0 Å². The van der Waals surface area contributed by atoms with Crippen molar-refractivity contribution in [3.05, 3.63) is 0 Å². The molecule has 672 valence electrons. The molecule has 7 unspecified atom stereocenters. The maximum absolute atomic E-state index is 12.2. The molecule has 16 bridgehead atoms. The summed E-state index contributed by atoms with van der Waals surface area (Å²) in [4.78, 5) is 47.0. The Morgan fingerprint density at radius 2 is 0.319 bits per heavy atom. The Balaban J connectivity index is 1.08. The number of aliphatic carboxylic acids is 4. The summed E-state index contributed by atoms with van der Waals surface area (Å²) < 4.78 is 101. The number of thioether (sulfide) groups is 8. The van der Waals surface area contributed by atoms with Crippen molar-refractivity contribution in [1.29, 1.82) is 0 Å². The average Bonchev–Trinajstić information content (AvgIpc) is 0.771. The number of carbonyl (C=O) groups is 4. The summed E-state index contributed by atoms with van der Waals surface area (Å²) >= 11 is 8.96. The fraction of sp³-hybridized carbons (Fsp3) is 0.941. The molecule has 0 radical (unpaired) electrons. The molecule has 116 heavy (non-hydrogen) atoms. The first-order valence-corrected chi connectivity index (χ1v) is 47.4. The van der Waals surface area contributed by atoms with Crippen LogP contribution >= 0.6 is 94.1 Å². The lowest BCUT2D eigenvalue weighted by molar-refractivity contribution is -0.396. The Labute approximate surface area is 701 Å². The normalized spacial score (nSPS) is 44.7. The molecule has 0 saturated carbocycles. The van der Waals surface area contributed by atoms with Crippen LogP contribution in [0.3, 0.4) is 0 Å². The maximum atomic E-state index is 12.2. The van der Waals surface area contributed by atoms with Gasteiger partial charge in [0.15, 0.2) is 50.3 Å². The van der Waals surface area contributed by atoms with E-state index in [1.54, 1.807) is 13.8 Å². The van der Waals surface area contributed by atoms with Crippen LogP contribution in [0.4, 0.5) is 0 Å². The molecule has 30 aliphatic heterocycles. The quantitative estimate of drug-likeness (QED) is 0.0279. The van der Waals surface area contributed by atoms with Crippen LogP contribution in [0.1, 0.15) is 53.4 Å². The molecular weight excluding hydrogens is 1710 g/mol. The fourth-order valence-electron chi connectivity index (χ4n) is 14.2. The van der Waals surface area contributed by atoms with Gasteiger partial charge in [-0.3, -0.25) is 19.2 Å². The number of aliphatic hydroxyl groups excluding tert-OH is 16. The van der Waals surface area contributed by atoms with E-state index < -0.39 is 282 Å². The maximum Gasteiger partial charge on any atom is 0.304 e. The van der Waals surface area contributed by atoms with Gasteiger partial charge in [-0.2, -0.15) is 94.1 Å². The Morgan fingerprint density at radius 1 is 0.198 bits per heavy atom. The summed E-state index contributed by atoms with van der Waals surface area (Å²) in [7, 11) is 0. The second-order valence-electron chi connectivity index (χ2n) is 28.5. The van der Waals surface area contributed by atoms with E-state index in [1.165, 1.54) is 47.0 Å². The van der Waals surface area contributed by atoms with Crippen LogP contribution in [-0.4, -0.2) is 464 Å². The molecule has 30 aliphatic rings. The van der Waals surface area contributed by atoms with Gasteiger partial charge in [-0.1, -0.05) is 27.7 Å².